The van der Waals surface area contributed by atoms with E-state index in [1.165, 1.54) is 31.4 Å². The van der Waals surface area contributed by atoms with Crippen LogP contribution in [-0.4, -0.2) is 75.2 Å². The van der Waals surface area contributed by atoms with Gasteiger partial charge in [0.15, 0.2) is 0 Å². The van der Waals surface area contributed by atoms with Crippen LogP contribution >= 0.6 is 0 Å². The average molecular weight is 494 g/mol. The van der Waals surface area contributed by atoms with Crippen LogP contribution in [0.3, 0.4) is 0 Å². The van der Waals surface area contributed by atoms with Crippen LogP contribution in [0, 0.1) is 0 Å². The molecule has 0 radical (unpaired) electrons. The lowest BCUT2D eigenvalue weighted by atomic mass is 9.99. The maximum Gasteiger partial charge on any atom is 0.253 e. The van der Waals surface area contributed by atoms with Gasteiger partial charge in [-0.2, -0.15) is 0 Å². The van der Waals surface area contributed by atoms with Crippen molar-refractivity contribution in [3.8, 4) is 11.5 Å². The molecule has 1 heterocycles. The number of carbonyl (C=O) groups is 1. The summed E-state index contributed by atoms with van der Waals surface area (Å²) in [5.74, 6) is 2.17. The fraction of sp³-hybridized carbons (Fsp3) is 0.567. The molecule has 1 saturated carbocycles. The summed E-state index contributed by atoms with van der Waals surface area (Å²) in [6.07, 6.45) is 6.51. The van der Waals surface area contributed by atoms with Crippen molar-refractivity contribution in [1.29, 1.82) is 0 Å². The van der Waals surface area contributed by atoms with E-state index in [1.54, 1.807) is 7.11 Å². The first-order valence-corrected chi connectivity index (χ1v) is 13.6. The van der Waals surface area contributed by atoms with E-state index < -0.39 is 0 Å². The monoisotopic (exact) mass is 493 g/mol. The summed E-state index contributed by atoms with van der Waals surface area (Å²) in [6.45, 7) is 9.18. The van der Waals surface area contributed by atoms with Gasteiger partial charge in [-0.3, -0.25) is 4.79 Å². The van der Waals surface area contributed by atoms with Crippen molar-refractivity contribution in [3.05, 3.63) is 53.6 Å². The third kappa shape index (κ3) is 6.52. The Labute approximate surface area is 217 Å². The van der Waals surface area contributed by atoms with E-state index in [-0.39, 0.29) is 5.91 Å². The summed E-state index contributed by atoms with van der Waals surface area (Å²) in [6, 6.07) is 15.0. The number of amides is 1. The van der Waals surface area contributed by atoms with Gasteiger partial charge < -0.3 is 24.2 Å². The van der Waals surface area contributed by atoms with Crippen molar-refractivity contribution in [3.63, 3.8) is 0 Å². The van der Waals surface area contributed by atoms with Crippen molar-refractivity contribution in [1.82, 2.24) is 9.80 Å². The van der Waals surface area contributed by atoms with Crippen molar-refractivity contribution in [2.75, 3.05) is 58.4 Å². The number of carbonyl (C=O) groups excluding carboxylic acids is 1. The predicted molar refractivity (Wildman–Crippen MR) is 147 cm³/mol. The zero-order valence-electron chi connectivity index (χ0n) is 22.5. The molecule has 6 heteroatoms. The maximum atomic E-state index is 13.2. The van der Waals surface area contributed by atoms with Gasteiger partial charge in [0, 0.05) is 50.0 Å². The van der Waals surface area contributed by atoms with Gasteiger partial charge >= 0.3 is 0 Å². The number of anilines is 1. The molecule has 0 atom stereocenters. The Morgan fingerprint density at radius 3 is 2.36 bits per heavy atom. The fourth-order valence-electron chi connectivity index (χ4n) is 5.45. The zero-order valence-corrected chi connectivity index (χ0v) is 22.5. The molecule has 6 nitrogen and oxygen atoms in total. The van der Waals surface area contributed by atoms with E-state index in [4.69, 9.17) is 9.47 Å². The van der Waals surface area contributed by atoms with Gasteiger partial charge in [0.1, 0.15) is 11.5 Å². The first-order valence-electron chi connectivity index (χ1n) is 13.6. The molecule has 2 aromatic carbocycles. The number of piperazine rings is 1. The molecule has 196 valence electrons. The van der Waals surface area contributed by atoms with Gasteiger partial charge in [0.2, 0.25) is 0 Å². The second-order valence-electron chi connectivity index (χ2n) is 10.5. The van der Waals surface area contributed by atoms with Gasteiger partial charge in [-0.25, -0.2) is 0 Å². The number of hydrogen-bond acceptors (Lipinski definition) is 5. The highest BCUT2D eigenvalue weighted by molar-refractivity contribution is 5.94. The molecule has 1 aliphatic carbocycles. The fourth-order valence-corrected chi connectivity index (χ4v) is 5.45. The maximum absolute atomic E-state index is 13.2. The van der Waals surface area contributed by atoms with Crippen LogP contribution in [0.25, 0.3) is 0 Å². The van der Waals surface area contributed by atoms with E-state index in [0.29, 0.717) is 19.0 Å². The lowest BCUT2D eigenvalue weighted by Crippen LogP contribution is -2.48. The standard InChI is InChI=1S/C30H43N3O3/c1-23(2)28-22-24(10-15-29(28)35-4)30(34)33-19-17-32(18-20-33)26-11-13-27(14-12-26)36-21-7-16-31(3)25-8-5-6-9-25/h10-15,22-23,25H,5-9,16-21H2,1-4H3. The van der Waals surface area contributed by atoms with E-state index >= 15 is 0 Å². The summed E-state index contributed by atoms with van der Waals surface area (Å²) < 4.78 is 11.5. The summed E-state index contributed by atoms with van der Waals surface area (Å²) in [5, 5.41) is 0. The number of ether oxygens (including phenoxy) is 2. The van der Waals surface area contributed by atoms with Crippen LogP contribution in [0.4, 0.5) is 5.69 Å². The Hall–Kier alpha value is -2.73. The van der Waals surface area contributed by atoms with Gasteiger partial charge in [-0.05, 0) is 80.3 Å². The highest BCUT2D eigenvalue weighted by Gasteiger charge is 2.23. The number of methoxy groups -OCH3 is 1. The average Bonchev–Trinajstić information content (AvgIpc) is 3.46. The molecule has 0 N–H and O–H groups in total. The Balaban J connectivity index is 1.23. The number of nitrogens with zero attached hydrogens (tertiary/aromatic N) is 3. The normalized spacial score (nSPS) is 16.7. The highest BCUT2D eigenvalue weighted by Crippen LogP contribution is 2.28. The molecule has 0 bridgehead atoms. The molecule has 4 rings (SSSR count). The van der Waals surface area contributed by atoms with Gasteiger partial charge in [0.25, 0.3) is 5.91 Å². The van der Waals surface area contributed by atoms with E-state index in [1.807, 2.05) is 23.1 Å². The van der Waals surface area contributed by atoms with Gasteiger partial charge in [-0.15, -0.1) is 0 Å². The minimum Gasteiger partial charge on any atom is -0.496 e. The van der Waals surface area contributed by atoms with Gasteiger partial charge in [-0.1, -0.05) is 26.7 Å². The van der Waals surface area contributed by atoms with Crippen LogP contribution in [0.5, 0.6) is 11.5 Å². The Morgan fingerprint density at radius 2 is 1.72 bits per heavy atom. The topological polar surface area (TPSA) is 45.3 Å². The third-order valence-electron chi connectivity index (χ3n) is 7.74. The minimum atomic E-state index is 0.0986. The molecule has 1 amide bonds. The van der Waals surface area contributed by atoms with Crippen LogP contribution < -0.4 is 14.4 Å². The summed E-state index contributed by atoms with van der Waals surface area (Å²) in [4.78, 5) is 20.0. The number of hydrogen-bond donors (Lipinski definition) is 0. The number of rotatable bonds is 10. The first-order chi connectivity index (χ1) is 17.5. The molecule has 0 aromatic heterocycles. The minimum absolute atomic E-state index is 0.0986. The second-order valence-corrected chi connectivity index (χ2v) is 10.5. The molecule has 2 fully saturated rings. The van der Waals surface area contributed by atoms with Crippen LogP contribution in [0.15, 0.2) is 42.5 Å². The Kier molecular flexibility index (Phi) is 9.13. The third-order valence-corrected chi connectivity index (χ3v) is 7.74. The zero-order chi connectivity index (χ0) is 25.5. The predicted octanol–water partition coefficient (Wildman–Crippen LogP) is 5.42. The second kappa shape index (κ2) is 12.5. The smallest absolute Gasteiger partial charge is 0.253 e. The molecule has 0 unspecified atom stereocenters. The quantitative estimate of drug-likeness (QED) is 0.413. The van der Waals surface area contributed by atoms with Crippen LogP contribution in [0.2, 0.25) is 0 Å². The molecule has 1 saturated heterocycles. The molecule has 2 aliphatic rings. The van der Waals surface area contributed by atoms with Crippen molar-refractivity contribution >= 4 is 11.6 Å². The Morgan fingerprint density at radius 1 is 1.03 bits per heavy atom. The van der Waals surface area contributed by atoms with Crippen molar-refractivity contribution in [2.45, 2.75) is 57.9 Å². The van der Waals surface area contributed by atoms with Crippen LogP contribution in [-0.2, 0) is 0 Å². The van der Waals surface area contributed by atoms with Crippen LogP contribution in [0.1, 0.15) is 67.8 Å². The van der Waals surface area contributed by atoms with Gasteiger partial charge in [0.05, 0.1) is 13.7 Å². The molecule has 2 aromatic rings. The SMILES string of the molecule is COc1ccc(C(=O)N2CCN(c3ccc(OCCCN(C)C4CCCC4)cc3)CC2)cc1C(C)C. The van der Waals surface area contributed by atoms with E-state index in [2.05, 4.69) is 55.0 Å². The Bertz CT molecular complexity index is 977. The summed E-state index contributed by atoms with van der Waals surface area (Å²) in [5.41, 5.74) is 3.00. The lowest BCUT2D eigenvalue weighted by molar-refractivity contribution is 0.0746. The summed E-state index contributed by atoms with van der Waals surface area (Å²) in [7, 11) is 3.93. The largest absolute Gasteiger partial charge is 0.496 e. The molecule has 0 spiro atoms. The van der Waals surface area contributed by atoms with E-state index in [9.17, 15) is 4.79 Å². The molecular formula is C30H43N3O3. The first kappa shape index (κ1) is 26.3. The summed E-state index contributed by atoms with van der Waals surface area (Å²) >= 11 is 0. The molecule has 36 heavy (non-hydrogen) atoms. The number of benzene rings is 2. The van der Waals surface area contributed by atoms with Crippen molar-refractivity contribution in [2.24, 2.45) is 0 Å². The molecule has 1 aliphatic heterocycles. The highest BCUT2D eigenvalue weighted by atomic mass is 16.5. The van der Waals surface area contributed by atoms with Crippen molar-refractivity contribution < 1.29 is 14.3 Å². The molecular weight excluding hydrogens is 450 g/mol. The van der Waals surface area contributed by atoms with E-state index in [0.717, 1.165) is 61.3 Å². The lowest BCUT2D eigenvalue weighted by Gasteiger charge is -2.36.